The molecule has 4 nitrogen and oxygen atoms in total. The topological polar surface area (TPSA) is 43.8 Å². The molecule has 126 valence electrons. The number of amides is 1. The smallest absolute Gasteiger partial charge is 0.223 e. The van der Waals surface area contributed by atoms with Gasteiger partial charge < -0.3 is 14.9 Å². The zero-order valence-electron chi connectivity index (χ0n) is 14.3. The molecular weight excluding hydrogens is 300 g/mol. The molecular formula is C20H24N2O2. The quantitative estimate of drug-likeness (QED) is 0.943. The largest absolute Gasteiger partial charge is 0.508 e. The van der Waals surface area contributed by atoms with Gasteiger partial charge >= 0.3 is 0 Å². The monoisotopic (exact) mass is 324 g/mol. The lowest BCUT2D eigenvalue weighted by atomic mass is 10.1. The Kier molecular flexibility index (Phi) is 4.74. The molecule has 0 aromatic heterocycles. The molecule has 4 heteroatoms. The fraction of sp³-hybridized carbons (Fsp3) is 0.350. The molecule has 3 rings (SSSR count). The number of phenolic OH excluding ortho intramolecular Hbond substituents is 1. The Balaban J connectivity index is 1.70. The number of para-hydroxylation sites is 1. The highest BCUT2D eigenvalue weighted by Gasteiger charge is 2.26. The average Bonchev–Trinajstić information content (AvgIpc) is 2.71. The van der Waals surface area contributed by atoms with Crippen molar-refractivity contribution < 1.29 is 9.90 Å². The van der Waals surface area contributed by atoms with Crippen molar-refractivity contribution in [2.45, 2.75) is 32.4 Å². The molecule has 0 aliphatic carbocycles. The van der Waals surface area contributed by atoms with Gasteiger partial charge in [0.25, 0.3) is 0 Å². The van der Waals surface area contributed by atoms with E-state index in [1.54, 1.807) is 12.1 Å². The number of rotatable bonds is 3. The van der Waals surface area contributed by atoms with Crippen LogP contribution in [0.25, 0.3) is 0 Å². The van der Waals surface area contributed by atoms with Crippen LogP contribution in [-0.4, -0.2) is 35.5 Å². The SMILES string of the molecule is CC1CN(C)c2ccccc2CN1C(=O)CCc1ccc(O)cc1. The maximum absolute atomic E-state index is 12.8. The third kappa shape index (κ3) is 3.53. The number of likely N-dealkylation sites (N-methyl/N-ethyl adjacent to an activating group) is 1. The van der Waals surface area contributed by atoms with Crippen molar-refractivity contribution in [1.82, 2.24) is 4.90 Å². The van der Waals surface area contributed by atoms with E-state index in [-0.39, 0.29) is 17.7 Å². The molecule has 2 aromatic rings. The summed E-state index contributed by atoms with van der Waals surface area (Å²) < 4.78 is 0. The highest BCUT2D eigenvalue weighted by Crippen LogP contribution is 2.26. The Morgan fingerprint density at radius 2 is 1.88 bits per heavy atom. The van der Waals surface area contributed by atoms with Gasteiger partial charge in [0.05, 0.1) is 0 Å². The van der Waals surface area contributed by atoms with Gasteiger partial charge in [-0.25, -0.2) is 0 Å². The van der Waals surface area contributed by atoms with Gasteiger partial charge in [0, 0.05) is 38.3 Å². The van der Waals surface area contributed by atoms with E-state index in [1.165, 1.54) is 11.3 Å². The second-order valence-electron chi connectivity index (χ2n) is 6.55. The summed E-state index contributed by atoms with van der Waals surface area (Å²) in [4.78, 5) is 17.0. The van der Waals surface area contributed by atoms with Gasteiger partial charge in [0.2, 0.25) is 5.91 Å². The van der Waals surface area contributed by atoms with E-state index in [1.807, 2.05) is 29.2 Å². The molecule has 1 atom stereocenters. The zero-order valence-corrected chi connectivity index (χ0v) is 14.3. The first-order valence-corrected chi connectivity index (χ1v) is 8.41. The van der Waals surface area contributed by atoms with Crippen molar-refractivity contribution in [1.29, 1.82) is 0 Å². The molecule has 1 unspecified atom stereocenters. The summed E-state index contributed by atoms with van der Waals surface area (Å²) in [6, 6.07) is 15.5. The maximum Gasteiger partial charge on any atom is 0.223 e. The van der Waals surface area contributed by atoms with E-state index in [0.29, 0.717) is 19.4 Å². The maximum atomic E-state index is 12.8. The lowest BCUT2D eigenvalue weighted by Gasteiger charge is -2.28. The number of phenols is 1. The summed E-state index contributed by atoms with van der Waals surface area (Å²) in [5.41, 5.74) is 3.47. The van der Waals surface area contributed by atoms with Crippen molar-refractivity contribution in [2.75, 3.05) is 18.5 Å². The molecule has 0 radical (unpaired) electrons. The molecule has 2 aromatic carbocycles. The third-order valence-corrected chi connectivity index (χ3v) is 4.70. The van der Waals surface area contributed by atoms with E-state index < -0.39 is 0 Å². The van der Waals surface area contributed by atoms with Crippen LogP contribution >= 0.6 is 0 Å². The third-order valence-electron chi connectivity index (χ3n) is 4.70. The van der Waals surface area contributed by atoms with Crippen molar-refractivity contribution >= 4 is 11.6 Å². The van der Waals surface area contributed by atoms with Gasteiger partial charge in [-0.1, -0.05) is 30.3 Å². The van der Waals surface area contributed by atoms with E-state index >= 15 is 0 Å². The van der Waals surface area contributed by atoms with Gasteiger partial charge in [-0.15, -0.1) is 0 Å². The number of carbonyl (C=O) groups excluding carboxylic acids is 1. The van der Waals surface area contributed by atoms with E-state index in [4.69, 9.17) is 0 Å². The van der Waals surface area contributed by atoms with Crippen LogP contribution in [0.15, 0.2) is 48.5 Å². The normalized spacial score (nSPS) is 17.3. The Bertz CT molecular complexity index is 712. The molecule has 0 saturated heterocycles. The first-order valence-electron chi connectivity index (χ1n) is 8.41. The Hall–Kier alpha value is -2.49. The number of aryl methyl sites for hydroxylation is 1. The Morgan fingerprint density at radius 3 is 2.62 bits per heavy atom. The van der Waals surface area contributed by atoms with Crippen LogP contribution in [0.1, 0.15) is 24.5 Å². The van der Waals surface area contributed by atoms with E-state index in [9.17, 15) is 9.90 Å². The average molecular weight is 324 g/mol. The number of aromatic hydroxyl groups is 1. The van der Waals surface area contributed by atoms with Crippen molar-refractivity contribution in [3.8, 4) is 5.75 Å². The standard InChI is InChI=1S/C20H24N2O2/c1-15-13-21(2)19-6-4-3-5-17(19)14-22(15)20(24)12-9-16-7-10-18(23)11-8-16/h3-8,10-11,15,23H,9,12-14H2,1-2H3. The molecule has 1 aliphatic rings. The highest BCUT2D eigenvalue weighted by molar-refractivity contribution is 5.77. The summed E-state index contributed by atoms with van der Waals surface area (Å²) in [6.45, 7) is 3.61. The van der Waals surface area contributed by atoms with Gasteiger partial charge in [-0.2, -0.15) is 0 Å². The van der Waals surface area contributed by atoms with Gasteiger partial charge in [0.15, 0.2) is 0 Å². The number of benzene rings is 2. The van der Waals surface area contributed by atoms with Crippen LogP contribution in [0.3, 0.4) is 0 Å². The summed E-state index contributed by atoms with van der Waals surface area (Å²) >= 11 is 0. The van der Waals surface area contributed by atoms with Crippen molar-refractivity contribution in [2.24, 2.45) is 0 Å². The Labute approximate surface area is 143 Å². The van der Waals surface area contributed by atoms with Crippen LogP contribution in [0, 0.1) is 0 Å². The van der Waals surface area contributed by atoms with E-state index in [0.717, 1.165) is 12.1 Å². The second-order valence-corrected chi connectivity index (χ2v) is 6.55. The number of nitrogens with zero attached hydrogens (tertiary/aromatic N) is 2. The van der Waals surface area contributed by atoms with Crippen LogP contribution in [0.4, 0.5) is 5.69 Å². The lowest BCUT2D eigenvalue weighted by Crippen LogP contribution is -2.42. The molecule has 0 saturated carbocycles. The number of hydrogen-bond donors (Lipinski definition) is 1. The first-order chi connectivity index (χ1) is 11.5. The zero-order chi connectivity index (χ0) is 17.1. The predicted octanol–water partition coefficient (Wildman–Crippen LogP) is 3.19. The molecule has 24 heavy (non-hydrogen) atoms. The fourth-order valence-corrected chi connectivity index (χ4v) is 3.34. The lowest BCUT2D eigenvalue weighted by molar-refractivity contribution is -0.133. The highest BCUT2D eigenvalue weighted by atomic mass is 16.3. The summed E-state index contributed by atoms with van der Waals surface area (Å²) in [5.74, 6) is 0.437. The molecule has 0 bridgehead atoms. The second kappa shape index (κ2) is 6.95. The number of anilines is 1. The van der Waals surface area contributed by atoms with Gasteiger partial charge in [-0.05, 0) is 42.7 Å². The molecule has 0 spiro atoms. The summed E-state index contributed by atoms with van der Waals surface area (Å²) in [6.07, 6.45) is 1.18. The number of fused-ring (bicyclic) bond motifs is 1. The van der Waals surface area contributed by atoms with Crippen LogP contribution < -0.4 is 4.90 Å². The predicted molar refractivity (Wildman–Crippen MR) is 96.2 cm³/mol. The summed E-state index contributed by atoms with van der Waals surface area (Å²) in [7, 11) is 2.08. The fourth-order valence-electron chi connectivity index (χ4n) is 3.34. The minimum absolute atomic E-state index is 0.176. The van der Waals surface area contributed by atoms with Crippen LogP contribution in [0.5, 0.6) is 5.75 Å². The molecule has 1 aliphatic heterocycles. The first kappa shape index (κ1) is 16.4. The van der Waals surface area contributed by atoms with Crippen molar-refractivity contribution in [3.63, 3.8) is 0 Å². The van der Waals surface area contributed by atoms with Gasteiger partial charge in [0.1, 0.15) is 5.75 Å². The molecule has 1 amide bonds. The van der Waals surface area contributed by atoms with Crippen LogP contribution in [-0.2, 0) is 17.8 Å². The van der Waals surface area contributed by atoms with Crippen LogP contribution in [0.2, 0.25) is 0 Å². The summed E-state index contributed by atoms with van der Waals surface area (Å²) in [5, 5.41) is 9.34. The van der Waals surface area contributed by atoms with E-state index in [2.05, 4.69) is 31.0 Å². The van der Waals surface area contributed by atoms with Gasteiger partial charge in [-0.3, -0.25) is 4.79 Å². The minimum Gasteiger partial charge on any atom is -0.508 e. The molecule has 1 heterocycles. The van der Waals surface area contributed by atoms with Crippen molar-refractivity contribution in [3.05, 3.63) is 59.7 Å². The minimum atomic E-state index is 0.176. The number of hydrogen-bond acceptors (Lipinski definition) is 3. The Morgan fingerprint density at radius 1 is 1.17 bits per heavy atom. The number of carbonyl (C=O) groups is 1. The molecule has 1 N–H and O–H groups in total. The molecule has 0 fully saturated rings.